The van der Waals surface area contributed by atoms with Crippen LogP contribution in [0.4, 0.5) is 0 Å². The van der Waals surface area contributed by atoms with Gasteiger partial charge < -0.3 is 10.1 Å². The van der Waals surface area contributed by atoms with Gasteiger partial charge in [-0.3, -0.25) is 0 Å². The smallest absolute Gasteiger partial charge is 0.136 e. The van der Waals surface area contributed by atoms with Crippen molar-refractivity contribution >= 4 is 6.29 Å². The Morgan fingerprint density at radius 2 is 2.33 bits per heavy atom. The Morgan fingerprint density at radius 3 is 3.00 bits per heavy atom. The van der Waals surface area contributed by atoms with Gasteiger partial charge in [0.25, 0.3) is 0 Å². The van der Waals surface area contributed by atoms with E-state index < -0.39 is 0 Å². The minimum absolute atomic E-state index is 0.137. The number of carbonyl (C=O) groups excluding carboxylic acids is 1. The summed E-state index contributed by atoms with van der Waals surface area (Å²) in [5, 5.41) is 3.45. The minimum Gasteiger partial charge on any atom is -0.302 e. The molecule has 1 aliphatic heterocycles. The van der Waals surface area contributed by atoms with Gasteiger partial charge >= 0.3 is 0 Å². The van der Waals surface area contributed by atoms with E-state index in [1.54, 1.807) is 0 Å². The molecule has 0 aromatic rings. The van der Waals surface area contributed by atoms with Gasteiger partial charge in [-0.1, -0.05) is 12.8 Å². The highest BCUT2D eigenvalue weighted by Crippen LogP contribution is 2.40. The third-order valence-corrected chi connectivity index (χ3v) is 3.62. The summed E-state index contributed by atoms with van der Waals surface area (Å²) in [6.07, 6.45) is 7.39. The molecule has 12 heavy (non-hydrogen) atoms. The Kier molecular flexibility index (Phi) is 1.95. The molecule has 0 radical (unpaired) electrons. The molecule has 2 fully saturated rings. The van der Waals surface area contributed by atoms with Gasteiger partial charge in [0, 0.05) is 5.54 Å². The van der Waals surface area contributed by atoms with Crippen LogP contribution in [0.5, 0.6) is 0 Å². The summed E-state index contributed by atoms with van der Waals surface area (Å²) in [7, 11) is 0. The zero-order valence-electron chi connectivity index (χ0n) is 7.68. The predicted octanol–water partition coefficient (Wildman–Crippen LogP) is 1.50. The van der Waals surface area contributed by atoms with Crippen LogP contribution in [0.15, 0.2) is 0 Å². The Balaban J connectivity index is 2.10. The summed E-state index contributed by atoms with van der Waals surface area (Å²) in [4.78, 5) is 10.6. The molecule has 1 saturated carbocycles. The molecule has 68 valence electrons. The molecule has 1 saturated heterocycles. The Morgan fingerprint density at radius 1 is 1.50 bits per heavy atom. The van der Waals surface area contributed by atoms with Gasteiger partial charge in [0.2, 0.25) is 0 Å². The van der Waals surface area contributed by atoms with Gasteiger partial charge in [-0.15, -0.1) is 0 Å². The second-order valence-corrected chi connectivity index (χ2v) is 4.48. The molecule has 1 aliphatic carbocycles. The molecule has 2 aliphatic rings. The number of nitrogens with one attached hydrogen (secondary N) is 1. The van der Waals surface area contributed by atoms with Gasteiger partial charge in [0.15, 0.2) is 0 Å². The zero-order valence-corrected chi connectivity index (χ0v) is 7.68. The van der Waals surface area contributed by atoms with Gasteiger partial charge in [0.1, 0.15) is 6.29 Å². The number of hydrogen-bond donors (Lipinski definition) is 1. The highest BCUT2D eigenvalue weighted by Gasteiger charge is 2.43. The van der Waals surface area contributed by atoms with E-state index in [1.165, 1.54) is 25.7 Å². The summed E-state index contributed by atoms with van der Waals surface area (Å²) in [6.45, 7) is 2.28. The standard InChI is InChI=1S/C10H17NO/c1-10-5-3-2-4-8(10)6-9(7-12)11-10/h7-9,11H,2-6H2,1H3/t8-,9-,10-/m1/s1. The molecule has 0 bridgehead atoms. The Labute approximate surface area is 73.7 Å². The number of carbonyl (C=O) groups is 1. The van der Waals surface area contributed by atoms with E-state index in [9.17, 15) is 4.79 Å². The van der Waals surface area contributed by atoms with E-state index in [0.717, 1.165) is 18.6 Å². The van der Waals surface area contributed by atoms with Crippen LogP contribution in [0, 0.1) is 5.92 Å². The zero-order chi connectivity index (χ0) is 8.60. The number of fused-ring (bicyclic) bond motifs is 1. The lowest BCUT2D eigenvalue weighted by molar-refractivity contribution is -0.109. The molecule has 0 amide bonds. The second-order valence-electron chi connectivity index (χ2n) is 4.48. The summed E-state index contributed by atoms with van der Waals surface area (Å²) in [6, 6.07) is 0.137. The molecular weight excluding hydrogens is 150 g/mol. The first-order valence-corrected chi connectivity index (χ1v) is 4.97. The SMILES string of the molecule is C[C@@]12CCCC[C@@H]1C[C@H](C=O)N2. The molecule has 0 aromatic heterocycles. The number of aldehydes is 1. The maximum absolute atomic E-state index is 10.6. The van der Waals surface area contributed by atoms with Crippen molar-refractivity contribution in [2.24, 2.45) is 5.92 Å². The fourth-order valence-corrected chi connectivity index (χ4v) is 2.85. The summed E-state index contributed by atoms with van der Waals surface area (Å²) in [5.41, 5.74) is 0.282. The Hall–Kier alpha value is -0.370. The molecule has 0 spiro atoms. The monoisotopic (exact) mass is 167 g/mol. The first-order chi connectivity index (χ1) is 5.74. The third-order valence-electron chi connectivity index (χ3n) is 3.62. The van der Waals surface area contributed by atoms with Crippen LogP contribution >= 0.6 is 0 Å². The number of hydrogen-bond acceptors (Lipinski definition) is 2. The lowest BCUT2D eigenvalue weighted by Gasteiger charge is -2.36. The van der Waals surface area contributed by atoms with Gasteiger partial charge in [0.05, 0.1) is 6.04 Å². The van der Waals surface area contributed by atoms with Crippen molar-refractivity contribution in [2.75, 3.05) is 0 Å². The van der Waals surface area contributed by atoms with E-state index in [1.807, 2.05) is 0 Å². The van der Waals surface area contributed by atoms with E-state index in [4.69, 9.17) is 0 Å². The van der Waals surface area contributed by atoms with Crippen molar-refractivity contribution in [2.45, 2.75) is 50.6 Å². The fraction of sp³-hybridized carbons (Fsp3) is 0.900. The van der Waals surface area contributed by atoms with Crippen LogP contribution < -0.4 is 5.32 Å². The average Bonchev–Trinajstić information content (AvgIpc) is 2.41. The highest BCUT2D eigenvalue weighted by molar-refractivity contribution is 5.58. The van der Waals surface area contributed by atoms with Crippen molar-refractivity contribution < 1.29 is 4.79 Å². The predicted molar refractivity (Wildman–Crippen MR) is 48.0 cm³/mol. The largest absolute Gasteiger partial charge is 0.302 e. The molecule has 0 unspecified atom stereocenters. The van der Waals surface area contributed by atoms with Crippen molar-refractivity contribution in [3.8, 4) is 0 Å². The lowest BCUT2D eigenvalue weighted by atomic mass is 9.75. The van der Waals surface area contributed by atoms with Crippen molar-refractivity contribution in [3.63, 3.8) is 0 Å². The normalized spacial score (nSPS) is 47.1. The molecule has 1 heterocycles. The Bertz CT molecular complexity index is 192. The van der Waals surface area contributed by atoms with E-state index in [0.29, 0.717) is 0 Å². The number of rotatable bonds is 1. The van der Waals surface area contributed by atoms with Crippen LogP contribution in [0.1, 0.15) is 39.0 Å². The van der Waals surface area contributed by atoms with Crippen LogP contribution in [0.25, 0.3) is 0 Å². The third kappa shape index (κ3) is 1.18. The van der Waals surface area contributed by atoms with Crippen molar-refractivity contribution in [3.05, 3.63) is 0 Å². The van der Waals surface area contributed by atoms with Gasteiger partial charge in [-0.2, -0.15) is 0 Å². The van der Waals surface area contributed by atoms with E-state index >= 15 is 0 Å². The van der Waals surface area contributed by atoms with Crippen LogP contribution in [0.2, 0.25) is 0 Å². The van der Waals surface area contributed by atoms with Crippen LogP contribution in [-0.4, -0.2) is 17.9 Å². The summed E-state index contributed by atoms with van der Waals surface area (Å²) >= 11 is 0. The maximum Gasteiger partial charge on any atom is 0.136 e. The minimum atomic E-state index is 0.137. The molecule has 1 N–H and O–H groups in total. The first kappa shape index (κ1) is 8.24. The van der Waals surface area contributed by atoms with Crippen LogP contribution in [0.3, 0.4) is 0 Å². The molecule has 2 rings (SSSR count). The quantitative estimate of drug-likeness (QED) is 0.600. The van der Waals surface area contributed by atoms with Crippen LogP contribution in [-0.2, 0) is 4.79 Å². The highest BCUT2D eigenvalue weighted by atomic mass is 16.1. The topological polar surface area (TPSA) is 29.1 Å². The maximum atomic E-state index is 10.6. The van der Waals surface area contributed by atoms with Gasteiger partial charge in [-0.05, 0) is 32.1 Å². The van der Waals surface area contributed by atoms with Gasteiger partial charge in [-0.25, -0.2) is 0 Å². The first-order valence-electron chi connectivity index (χ1n) is 4.97. The average molecular weight is 167 g/mol. The van der Waals surface area contributed by atoms with E-state index in [-0.39, 0.29) is 11.6 Å². The van der Waals surface area contributed by atoms with Crippen molar-refractivity contribution in [1.82, 2.24) is 5.32 Å². The molecule has 0 aromatic carbocycles. The molecule has 2 heteroatoms. The fourth-order valence-electron chi connectivity index (χ4n) is 2.85. The summed E-state index contributed by atoms with van der Waals surface area (Å²) < 4.78 is 0. The molecular formula is C10H17NO. The van der Waals surface area contributed by atoms with E-state index in [2.05, 4.69) is 12.2 Å². The second kappa shape index (κ2) is 2.84. The molecule has 2 nitrogen and oxygen atoms in total. The summed E-state index contributed by atoms with van der Waals surface area (Å²) in [5.74, 6) is 0.751. The van der Waals surface area contributed by atoms with Crippen molar-refractivity contribution in [1.29, 1.82) is 0 Å². The molecule has 3 atom stereocenters. The lowest BCUT2D eigenvalue weighted by Crippen LogP contribution is -2.45.